The van der Waals surface area contributed by atoms with Gasteiger partial charge in [0.15, 0.2) is 0 Å². The predicted octanol–water partition coefficient (Wildman–Crippen LogP) is 1.93. The van der Waals surface area contributed by atoms with E-state index >= 15 is 0 Å². The predicted molar refractivity (Wildman–Crippen MR) is 61.0 cm³/mol. The number of rotatable bonds is 4. The summed E-state index contributed by atoms with van der Waals surface area (Å²) >= 11 is 0.978. The summed E-state index contributed by atoms with van der Waals surface area (Å²) in [5, 5.41) is 19.3. The number of carboxylic acids is 1. The Balaban J connectivity index is 2.15. The number of halogens is 3. The minimum Gasteiger partial charge on any atom is -0.480 e. The normalized spacial score (nSPS) is 11.6. The lowest BCUT2D eigenvalue weighted by molar-refractivity contribution is -0.138. The number of benzene rings is 1. The van der Waals surface area contributed by atoms with E-state index in [9.17, 15) is 18.0 Å². The first-order valence-corrected chi connectivity index (χ1v) is 6.01. The fourth-order valence-corrected chi connectivity index (χ4v) is 2.08. The lowest BCUT2D eigenvalue weighted by atomic mass is 10.2. The topological polar surface area (TPSA) is 80.9 Å². The van der Waals surface area contributed by atoms with Crippen molar-refractivity contribution in [2.45, 2.75) is 22.8 Å². The van der Waals surface area contributed by atoms with Crippen LogP contribution in [0.2, 0.25) is 0 Å². The van der Waals surface area contributed by atoms with Crippen molar-refractivity contribution >= 4 is 17.7 Å². The first-order valence-electron chi connectivity index (χ1n) is 5.19. The van der Waals surface area contributed by atoms with E-state index in [0.29, 0.717) is 4.90 Å². The van der Waals surface area contributed by atoms with Crippen LogP contribution < -0.4 is 0 Å². The Morgan fingerprint density at radius 1 is 1.30 bits per heavy atom. The van der Waals surface area contributed by atoms with Gasteiger partial charge >= 0.3 is 12.1 Å². The maximum atomic E-state index is 12.4. The Morgan fingerprint density at radius 2 is 1.95 bits per heavy atom. The van der Waals surface area contributed by atoms with Crippen LogP contribution in [0.25, 0.3) is 0 Å². The van der Waals surface area contributed by atoms with Crippen LogP contribution >= 0.6 is 11.8 Å². The fraction of sp³-hybridized carbons (Fsp3) is 0.200. The summed E-state index contributed by atoms with van der Waals surface area (Å²) in [5.41, 5.74) is -0.757. The van der Waals surface area contributed by atoms with Crippen LogP contribution in [0.15, 0.2) is 34.3 Å². The number of aliphatic carboxylic acids is 1. The first kappa shape index (κ1) is 14.3. The number of alkyl halides is 3. The van der Waals surface area contributed by atoms with Gasteiger partial charge in [-0.05, 0) is 46.5 Å². The molecule has 0 saturated heterocycles. The second-order valence-corrected chi connectivity index (χ2v) is 4.68. The molecule has 0 aliphatic heterocycles. The molecule has 1 aromatic heterocycles. The van der Waals surface area contributed by atoms with Gasteiger partial charge in [-0.1, -0.05) is 0 Å². The van der Waals surface area contributed by atoms with Crippen molar-refractivity contribution < 1.29 is 23.1 Å². The fourth-order valence-electron chi connectivity index (χ4n) is 1.31. The van der Waals surface area contributed by atoms with Crippen molar-refractivity contribution in [3.8, 4) is 0 Å². The number of hydrogen-bond donors (Lipinski definition) is 1. The van der Waals surface area contributed by atoms with E-state index in [4.69, 9.17) is 5.11 Å². The van der Waals surface area contributed by atoms with Gasteiger partial charge in [-0.2, -0.15) is 13.2 Å². The summed E-state index contributed by atoms with van der Waals surface area (Å²) in [5.74, 6) is -1.12. The molecule has 2 rings (SSSR count). The molecule has 0 radical (unpaired) electrons. The van der Waals surface area contributed by atoms with Gasteiger partial charge in [0.05, 0.1) is 5.56 Å². The minimum absolute atomic E-state index is 0.187. The van der Waals surface area contributed by atoms with Crippen LogP contribution in [-0.4, -0.2) is 31.3 Å². The monoisotopic (exact) mass is 304 g/mol. The highest BCUT2D eigenvalue weighted by molar-refractivity contribution is 7.99. The van der Waals surface area contributed by atoms with Crippen LogP contribution in [0.4, 0.5) is 13.2 Å². The van der Waals surface area contributed by atoms with Gasteiger partial charge in [0, 0.05) is 4.90 Å². The molecule has 0 fully saturated rings. The van der Waals surface area contributed by atoms with Crippen molar-refractivity contribution in [3.63, 3.8) is 0 Å². The third-order valence-electron chi connectivity index (χ3n) is 2.17. The zero-order valence-corrected chi connectivity index (χ0v) is 10.5. The molecular weight excluding hydrogens is 297 g/mol. The van der Waals surface area contributed by atoms with Gasteiger partial charge in [-0.15, -0.1) is 5.10 Å². The highest BCUT2D eigenvalue weighted by atomic mass is 32.2. The molecule has 106 valence electrons. The Morgan fingerprint density at radius 3 is 2.50 bits per heavy atom. The largest absolute Gasteiger partial charge is 0.480 e. The molecule has 2 aromatic rings. The smallest absolute Gasteiger partial charge is 0.416 e. The Labute approximate surface area is 114 Å². The number of nitrogens with zero attached hydrogens (tertiary/aromatic N) is 4. The summed E-state index contributed by atoms with van der Waals surface area (Å²) in [6.07, 6.45) is -4.39. The molecule has 0 aliphatic carbocycles. The molecule has 0 aliphatic rings. The second-order valence-electron chi connectivity index (χ2n) is 3.64. The van der Waals surface area contributed by atoms with Crippen molar-refractivity contribution in [1.29, 1.82) is 0 Å². The van der Waals surface area contributed by atoms with E-state index in [1.165, 1.54) is 12.1 Å². The lowest BCUT2D eigenvalue weighted by Crippen LogP contribution is -2.11. The third-order valence-corrected chi connectivity index (χ3v) is 3.16. The van der Waals surface area contributed by atoms with Gasteiger partial charge in [0.25, 0.3) is 0 Å². The van der Waals surface area contributed by atoms with E-state index in [2.05, 4.69) is 15.5 Å². The van der Waals surface area contributed by atoms with Gasteiger partial charge in [0.2, 0.25) is 5.16 Å². The van der Waals surface area contributed by atoms with Crippen molar-refractivity contribution in [1.82, 2.24) is 20.2 Å². The summed E-state index contributed by atoms with van der Waals surface area (Å²) in [7, 11) is 0. The summed E-state index contributed by atoms with van der Waals surface area (Å²) in [6.45, 7) is -0.421. The molecule has 1 aromatic carbocycles. The maximum absolute atomic E-state index is 12.4. The Hall–Kier alpha value is -2.10. The molecule has 1 N–H and O–H groups in total. The van der Waals surface area contributed by atoms with Crippen LogP contribution in [-0.2, 0) is 17.5 Å². The molecule has 0 spiro atoms. The minimum atomic E-state index is -4.39. The number of aromatic nitrogens is 4. The van der Waals surface area contributed by atoms with E-state index in [-0.39, 0.29) is 5.16 Å². The molecule has 0 atom stereocenters. The maximum Gasteiger partial charge on any atom is 0.416 e. The molecule has 0 unspecified atom stereocenters. The Bertz CT molecular complexity index is 612. The highest BCUT2D eigenvalue weighted by Crippen LogP contribution is 2.32. The zero-order valence-electron chi connectivity index (χ0n) is 9.70. The number of hydrogen-bond acceptors (Lipinski definition) is 5. The molecule has 0 saturated carbocycles. The van der Waals surface area contributed by atoms with E-state index in [1.54, 1.807) is 0 Å². The summed E-state index contributed by atoms with van der Waals surface area (Å²) in [6, 6.07) is 4.42. The second kappa shape index (κ2) is 5.49. The SMILES string of the molecule is O=C(O)Cn1nnnc1Sc1ccc(C(F)(F)F)cc1. The molecule has 0 amide bonds. The highest BCUT2D eigenvalue weighted by Gasteiger charge is 2.30. The molecule has 6 nitrogen and oxygen atoms in total. The van der Waals surface area contributed by atoms with Crippen LogP contribution in [0.5, 0.6) is 0 Å². The average Bonchev–Trinajstić information content (AvgIpc) is 2.75. The average molecular weight is 304 g/mol. The molecule has 0 bridgehead atoms. The first-order chi connectivity index (χ1) is 9.36. The van der Waals surface area contributed by atoms with Crippen LogP contribution in [0, 0.1) is 0 Å². The molecule has 20 heavy (non-hydrogen) atoms. The van der Waals surface area contributed by atoms with E-state index < -0.39 is 24.3 Å². The van der Waals surface area contributed by atoms with Crippen LogP contribution in [0.1, 0.15) is 5.56 Å². The van der Waals surface area contributed by atoms with E-state index in [0.717, 1.165) is 28.6 Å². The third kappa shape index (κ3) is 3.47. The van der Waals surface area contributed by atoms with E-state index in [1.807, 2.05) is 0 Å². The van der Waals surface area contributed by atoms with Gasteiger partial charge in [-0.25, -0.2) is 4.68 Å². The molecule has 10 heteroatoms. The van der Waals surface area contributed by atoms with Gasteiger partial charge < -0.3 is 5.11 Å². The van der Waals surface area contributed by atoms with Crippen molar-refractivity contribution in [2.75, 3.05) is 0 Å². The quantitative estimate of drug-likeness (QED) is 0.929. The molecule has 1 heterocycles. The van der Waals surface area contributed by atoms with Gasteiger partial charge in [0.1, 0.15) is 6.54 Å². The summed E-state index contributed by atoms with van der Waals surface area (Å²) in [4.78, 5) is 11.0. The number of carbonyl (C=O) groups is 1. The summed E-state index contributed by atoms with van der Waals surface area (Å²) < 4.78 is 38.2. The van der Waals surface area contributed by atoms with Crippen molar-refractivity contribution in [3.05, 3.63) is 29.8 Å². The molecular formula is C10H7F3N4O2S. The number of tetrazole rings is 1. The zero-order chi connectivity index (χ0) is 14.8. The number of carboxylic acid groups (broad SMARTS) is 1. The van der Waals surface area contributed by atoms with Crippen molar-refractivity contribution in [2.24, 2.45) is 0 Å². The van der Waals surface area contributed by atoms with Gasteiger partial charge in [-0.3, -0.25) is 4.79 Å². The Kier molecular flexibility index (Phi) is 3.93. The van der Waals surface area contributed by atoms with Crippen LogP contribution in [0.3, 0.4) is 0 Å². The standard InChI is InChI=1S/C10H7F3N4O2S/c11-10(12,13)6-1-3-7(4-2-6)20-9-14-15-16-17(9)5-8(18)19/h1-4H,5H2,(H,18,19). The lowest BCUT2D eigenvalue weighted by Gasteiger charge is -2.07.